The van der Waals surface area contributed by atoms with Crippen molar-refractivity contribution in [3.63, 3.8) is 0 Å². The Balaban J connectivity index is 2.05. The summed E-state index contributed by atoms with van der Waals surface area (Å²) in [6.45, 7) is 2.06. The van der Waals surface area contributed by atoms with Crippen LogP contribution in [-0.2, 0) is 0 Å². The lowest BCUT2D eigenvalue weighted by Gasteiger charge is -2.17. The van der Waals surface area contributed by atoms with Crippen LogP contribution in [0.3, 0.4) is 0 Å². The van der Waals surface area contributed by atoms with Crippen LogP contribution in [0.1, 0.15) is 18.5 Å². The fourth-order valence-corrected chi connectivity index (χ4v) is 3.19. The molecule has 0 aliphatic carbocycles. The van der Waals surface area contributed by atoms with E-state index in [2.05, 4.69) is 50.3 Å². The first-order valence-electron chi connectivity index (χ1n) is 7.63. The van der Waals surface area contributed by atoms with Crippen molar-refractivity contribution in [2.75, 3.05) is 19.5 Å². The average molecular weight is 423 g/mol. The number of nitrogens with zero attached hydrogens (tertiary/aromatic N) is 2. The van der Waals surface area contributed by atoms with Gasteiger partial charge >= 0.3 is 0 Å². The van der Waals surface area contributed by atoms with Crippen LogP contribution in [0.4, 0.5) is 5.82 Å². The van der Waals surface area contributed by atoms with Crippen molar-refractivity contribution in [2.45, 2.75) is 13.0 Å². The van der Waals surface area contributed by atoms with Gasteiger partial charge in [-0.2, -0.15) is 0 Å². The van der Waals surface area contributed by atoms with Crippen LogP contribution in [0, 0.1) is 0 Å². The van der Waals surface area contributed by atoms with Gasteiger partial charge in [-0.1, -0.05) is 28.1 Å². The van der Waals surface area contributed by atoms with E-state index in [0.717, 1.165) is 15.4 Å². The Bertz CT molecular complexity index is 920. The Morgan fingerprint density at radius 3 is 2.48 bits per heavy atom. The molecule has 0 aliphatic rings. The number of ether oxygens (including phenoxy) is 2. The molecule has 1 heterocycles. The smallest absolute Gasteiger partial charge is 0.224 e. The second kappa shape index (κ2) is 7.45. The SMILES string of the molecule is COc1cc2nc(Cl)nc(N[C@H](C)c3cccc(Br)c3)c2cc1OC. The predicted octanol–water partition coefficient (Wildman–Crippen LogP) is 5.24. The fraction of sp³-hybridized carbons (Fsp3) is 0.222. The first-order chi connectivity index (χ1) is 12.0. The molecule has 0 saturated heterocycles. The highest BCUT2D eigenvalue weighted by atomic mass is 79.9. The standard InChI is InChI=1S/C18H17BrClN3O2/c1-10(11-5-4-6-12(19)7-11)21-17-13-8-15(24-2)16(25-3)9-14(13)22-18(20)23-17/h4-10H,1-3H3,(H,21,22,23)/t10-/m1/s1. The molecule has 0 radical (unpaired) electrons. The first kappa shape index (κ1) is 17.8. The minimum absolute atomic E-state index is 0.0276. The number of hydrogen-bond acceptors (Lipinski definition) is 5. The molecule has 1 N–H and O–H groups in total. The van der Waals surface area contributed by atoms with E-state index in [-0.39, 0.29) is 11.3 Å². The summed E-state index contributed by atoms with van der Waals surface area (Å²) in [5.74, 6) is 1.85. The maximum Gasteiger partial charge on any atom is 0.224 e. The monoisotopic (exact) mass is 421 g/mol. The van der Waals surface area contributed by atoms with Crippen LogP contribution in [-0.4, -0.2) is 24.2 Å². The quantitative estimate of drug-likeness (QED) is 0.570. The summed E-state index contributed by atoms with van der Waals surface area (Å²) in [4.78, 5) is 8.64. The summed E-state index contributed by atoms with van der Waals surface area (Å²) in [5.41, 5.74) is 1.80. The van der Waals surface area contributed by atoms with E-state index >= 15 is 0 Å². The molecule has 2 aromatic carbocycles. The van der Waals surface area contributed by atoms with E-state index in [0.29, 0.717) is 22.8 Å². The number of fused-ring (bicyclic) bond motifs is 1. The normalized spacial score (nSPS) is 12.0. The summed E-state index contributed by atoms with van der Waals surface area (Å²) >= 11 is 9.60. The second-order valence-electron chi connectivity index (χ2n) is 5.49. The van der Waals surface area contributed by atoms with Crippen LogP contribution < -0.4 is 14.8 Å². The van der Waals surface area contributed by atoms with E-state index in [1.54, 1.807) is 20.3 Å². The van der Waals surface area contributed by atoms with Gasteiger partial charge in [0.15, 0.2) is 11.5 Å². The molecule has 0 amide bonds. The van der Waals surface area contributed by atoms with Crippen LogP contribution in [0.15, 0.2) is 40.9 Å². The molecular weight excluding hydrogens is 406 g/mol. The van der Waals surface area contributed by atoms with Crippen LogP contribution in [0.25, 0.3) is 10.9 Å². The van der Waals surface area contributed by atoms with Crippen LogP contribution in [0.2, 0.25) is 5.28 Å². The summed E-state index contributed by atoms with van der Waals surface area (Å²) in [7, 11) is 3.18. The molecule has 0 spiro atoms. The van der Waals surface area contributed by atoms with Gasteiger partial charge in [0.25, 0.3) is 0 Å². The molecule has 0 aliphatic heterocycles. The zero-order valence-electron chi connectivity index (χ0n) is 14.0. The molecule has 0 bridgehead atoms. The lowest BCUT2D eigenvalue weighted by atomic mass is 10.1. The van der Waals surface area contributed by atoms with Crippen LogP contribution in [0.5, 0.6) is 11.5 Å². The molecule has 5 nitrogen and oxygen atoms in total. The molecule has 25 heavy (non-hydrogen) atoms. The zero-order valence-corrected chi connectivity index (χ0v) is 16.4. The van der Waals surface area contributed by atoms with Gasteiger partial charge < -0.3 is 14.8 Å². The first-order valence-corrected chi connectivity index (χ1v) is 8.80. The minimum atomic E-state index is 0.0276. The Hall–Kier alpha value is -2.05. The highest BCUT2D eigenvalue weighted by molar-refractivity contribution is 9.10. The van der Waals surface area contributed by atoms with E-state index in [9.17, 15) is 0 Å². The van der Waals surface area contributed by atoms with Crippen LogP contribution >= 0.6 is 27.5 Å². The molecule has 0 fully saturated rings. The van der Waals surface area contributed by atoms with Gasteiger partial charge in [-0.3, -0.25) is 0 Å². The highest BCUT2D eigenvalue weighted by Gasteiger charge is 2.15. The molecule has 7 heteroatoms. The van der Waals surface area contributed by atoms with Gasteiger partial charge in [0.05, 0.1) is 25.8 Å². The van der Waals surface area contributed by atoms with Gasteiger partial charge in [0.1, 0.15) is 5.82 Å². The van der Waals surface area contributed by atoms with E-state index in [1.807, 2.05) is 18.2 Å². The van der Waals surface area contributed by atoms with Crippen molar-refractivity contribution >= 4 is 44.3 Å². The number of anilines is 1. The lowest BCUT2D eigenvalue weighted by molar-refractivity contribution is 0.356. The van der Waals surface area contributed by atoms with Gasteiger partial charge in [-0.05, 0) is 42.3 Å². The summed E-state index contributed by atoms with van der Waals surface area (Å²) in [6.07, 6.45) is 0. The fourth-order valence-electron chi connectivity index (χ4n) is 2.60. The van der Waals surface area contributed by atoms with Crippen molar-refractivity contribution in [3.8, 4) is 11.5 Å². The molecule has 1 atom stereocenters. The molecular formula is C18H17BrClN3O2. The number of nitrogens with one attached hydrogen (secondary N) is 1. The number of methoxy groups -OCH3 is 2. The van der Waals surface area contributed by atoms with Crippen molar-refractivity contribution < 1.29 is 9.47 Å². The Kier molecular flexibility index (Phi) is 5.30. The number of hydrogen-bond donors (Lipinski definition) is 1. The van der Waals surface area contributed by atoms with Crippen molar-refractivity contribution in [1.82, 2.24) is 9.97 Å². The third-order valence-corrected chi connectivity index (χ3v) is 4.54. The van der Waals surface area contributed by atoms with Crippen molar-refractivity contribution in [3.05, 3.63) is 51.7 Å². The Labute approximate surface area is 159 Å². The third kappa shape index (κ3) is 3.80. The van der Waals surface area contributed by atoms with Gasteiger partial charge in [-0.15, -0.1) is 0 Å². The predicted molar refractivity (Wildman–Crippen MR) is 104 cm³/mol. The Morgan fingerprint density at radius 2 is 1.80 bits per heavy atom. The highest BCUT2D eigenvalue weighted by Crippen LogP contribution is 2.35. The largest absolute Gasteiger partial charge is 0.493 e. The van der Waals surface area contributed by atoms with Crippen molar-refractivity contribution in [1.29, 1.82) is 0 Å². The van der Waals surface area contributed by atoms with Gasteiger partial charge in [-0.25, -0.2) is 9.97 Å². The molecule has 0 unspecified atom stereocenters. The molecule has 1 aromatic heterocycles. The maximum atomic E-state index is 6.11. The molecule has 3 aromatic rings. The second-order valence-corrected chi connectivity index (χ2v) is 6.74. The molecule has 0 saturated carbocycles. The number of aromatic nitrogens is 2. The van der Waals surface area contributed by atoms with Gasteiger partial charge in [0, 0.05) is 15.9 Å². The zero-order chi connectivity index (χ0) is 18.0. The lowest BCUT2D eigenvalue weighted by Crippen LogP contribution is -2.09. The van der Waals surface area contributed by atoms with E-state index in [1.165, 1.54) is 0 Å². The summed E-state index contributed by atoms with van der Waals surface area (Å²) in [6, 6.07) is 11.8. The summed E-state index contributed by atoms with van der Waals surface area (Å²) in [5, 5.41) is 4.38. The van der Waals surface area contributed by atoms with Crippen molar-refractivity contribution in [2.24, 2.45) is 0 Å². The number of halogens is 2. The maximum absolute atomic E-state index is 6.11. The minimum Gasteiger partial charge on any atom is -0.493 e. The molecule has 3 rings (SSSR count). The molecule has 130 valence electrons. The topological polar surface area (TPSA) is 56.3 Å². The van der Waals surface area contributed by atoms with E-state index in [4.69, 9.17) is 21.1 Å². The number of rotatable bonds is 5. The van der Waals surface area contributed by atoms with Gasteiger partial charge in [0.2, 0.25) is 5.28 Å². The number of benzene rings is 2. The average Bonchev–Trinajstić information content (AvgIpc) is 2.60. The van der Waals surface area contributed by atoms with E-state index < -0.39 is 0 Å². The Morgan fingerprint density at radius 1 is 1.08 bits per heavy atom. The summed E-state index contributed by atoms with van der Waals surface area (Å²) < 4.78 is 11.7. The third-order valence-electron chi connectivity index (χ3n) is 3.88.